The fourth-order valence-electron chi connectivity index (χ4n) is 3.91. The molecule has 186 valence electrons. The lowest BCUT2D eigenvalue weighted by molar-refractivity contribution is -0.117. The first-order valence-electron chi connectivity index (χ1n) is 11.4. The number of benzene rings is 3. The Hall–Kier alpha value is -4.34. The maximum atomic E-state index is 14.0. The van der Waals surface area contributed by atoms with E-state index in [1.807, 2.05) is 37.3 Å². The highest BCUT2D eigenvalue weighted by Gasteiger charge is 2.17. The summed E-state index contributed by atoms with van der Waals surface area (Å²) in [6.45, 7) is 2.04. The van der Waals surface area contributed by atoms with Crippen molar-refractivity contribution < 1.29 is 22.8 Å². The van der Waals surface area contributed by atoms with E-state index in [2.05, 4.69) is 15.7 Å². The molecule has 4 aromatic rings. The summed E-state index contributed by atoms with van der Waals surface area (Å²) in [5.74, 6) is -4.00. The Morgan fingerprint density at radius 3 is 2.47 bits per heavy atom. The van der Waals surface area contributed by atoms with Gasteiger partial charge in [0.15, 0.2) is 11.6 Å². The van der Waals surface area contributed by atoms with E-state index in [1.165, 1.54) is 4.68 Å². The number of halogens is 3. The van der Waals surface area contributed by atoms with Crippen molar-refractivity contribution in [3.63, 3.8) is 0 Å². The van der Waals surface area contributed by atoms with Gasteiger partial charge in [0.05, 0.1) is 23.5 Å². The van der Waals surface area contributed by atoms with Crippen molar-refractivity contribution in [2.24, 2.45) is 5.73 Å². The molecule has 4 rings (SSSR count). The predicted octanol–water partition coefficient (Wildman–Crippen LogP) is 5.46. The van der Waals surface area contributed by atoms with Crippen molar-refractivity contribution in [2.45, 2.75) is 32.6 Å². The van der Waals surface area contributed by atoms with Crippen LogP contribution in [0.4, 0.5) is 29.5 Å². The molecule has 0 spiro atoms. The summed E-state index contributed by atoms with van der Waals surface area (Å²) in [6, 6.07) is 12.8. The van der Waals surface area contributed by atoms with E-state index < -0.39 is 35.1 Å². The number of urea groups is 1. The molecule has 0 fully saturated rings. The standard InChI is InChI=1S/C26H24F3N5O2/c1-2-3-7-17-12-25(32-26(36)31-23-14-21(28)20(27)13-22(23)29)34(33-17)18-9-15-6-4-5-8-19(15)16(10-18)11-24(30)35/h4-6,8-10,12-14H,2-3,7,11H2,1H3,(H2,30,35)(H2,31,32,36). The number of hydrogen-bond acceptors (Lipinski definition) is 3. The van der Waals surface area contributed by atoms with Crippen LogP contribution in [0, 0.1) is 17.5 Å². The second kappa shape index (κ2) is 10.5. The van der Waals surface area contributed by atoms with Gasteiger partial charge in [-0.25, -0.2) is 22.6 Å². The van der Waals surface area contributed by atoms with Crippen LogP contribution in [0.25, 0.3) is 16.5 Å². The lowest BCUT2D eigenvalue weighted by Gasteiger charge is -2.13. The van der Waals surface area contributed by atoms with E-state index in [9.17, 15) is 22.8 Å². The van der Waals surface area contributed by atoms with Gasteiger partial charge < -0.3 is 11.1 Å². The van der Waals surface area contributed by atoms with Crippen LogP contribution in [0.1, 0.15) is 31.0 Å². The number of carbonyl (C=O) groups is 2. The Kier molecular flexibility index (Phi) is 7.23. The third kappa shape index (κ3) is 5.48. The summed E-state index contributed by atoms with van der Waals surface area (Å²) in [7, 11) is 0. The van der Waals surface area contributed by atoms with Gasteiger partial charge in [0.25, 0.3) is 0 Å². The number of unbranched alkanes of at least 4 members (excludes halogenated alkanes) is 1. The van der Waals surface area contributed by atoms with E-state index in [-0.39, 0.29) is 12.2 Å². The number of fused-ring (bicyclic) bond motifs is 1. The second-order valence-corrected chi connectivity index (χ2v) is 8.33. The zero-order valence-corrected chi connectivity index (χ0v) is 19.4. The molecule has 3 aromatic carbocycles. The number of aryl methyl sites for hydroxylation is 1. The molecule has 0 unspecified atom stereocenters. The maximum absolute atomic E-state index is 14.0. The number of amides is 3. The Balaban J connectivity index is 1.72. The lowest BCUT2D eigenvalue weighted by atomic mass is 10.0. The van der Waals surface area contributed by atoms with Crippen molar-refractivity contribution in [3.05, 3.63) is 83.3 Å². The van der Waals surface area contributed by atoms with Gasteiger partial charge in [0, 0.05) is 18.2 Å². The molecule has 3 amide bonds. The maximum Gasteiger partial charge on any atom is 0.324 e. The summed E-state index contributed by atoms with van der Waals surface area (Å²) < 4.78 is 42.3. The van der Waals surface area contributed by atoms with Gasteiger partial charge in [-0.2, -0.15) is 5.10 Å². The minimum atomic E-state index is -1.36. The topological polar surface area (TPSA) is 102 Å². The molecule has 1 aromatic heterocycles. The first-order chi connectivity index (χ1) is 17.2. The van der Waals surface area contributed by atoms with Crippen LogP contribution in [0.15, 0.2) is 54.6 Å². The van der Waals surface area contributed by atoms with Gasteiger partial charge in [0.1, 0.15) is 11.6 Å². The van der Waals surface area contributed by atoms with Gasteiger partial charge in [0.2, 0.25) is 5.91 Å². The van der Waals surface area contributed by atoms with Crippen LogP contribution in [-0.4, -0.2) is 21.7 Å². The highest BCUT2D eigenvalue weighted by Crippen LogP contribution is 2.27. The molecule has 36 heavy (non-hydrogen) atoms. The smallest absolute Gasteiger partial charge is 0.324 e. The van der Waals surface area contributed by atoms with Crippen molar-refractivity contribution in [1.29, 1.82) is 0 Å². The van der Waals surface area contributed by atoms with Gasteiger partial charge >= 0.3 is 6.03 Å². The second-order valence-electron chi connectivity index (χ2n) is 8.33. The van der Waals surface area contributed by atoms with Crippen molar-refractivity contribution in [2.75, 3.05) is 10.6 Å². The Bertz CT molecular complexity index is 1450. The van der Waals surface area contributed by atoms with Crippen LogP contribution in [0.5, 0.6) is 0 Å². The summed E-state index contributed by atoms with van der Waals surface area (Å²) in [5, 5.41) is 11.1. The molecule has 7 nitrogen and oxygen atoms in total. The van der Waals surface area contributed by atoms with Gasteiger partial charge in [-0.05, 0) is 41.3 Å². The lowest BCUT2D eigenvalue weighted by Crippen LogP contribution is -2.22. The minimum Gasteiger partial charge on any atom is -0.369 e. The molecular formula is C26H24F3N5O2. The molecule has 0 bridgehead atoms. The number of nitrogens with two attached hydrogens (primary N) is 1. The van der Waals surface area contributed by atoms with Gasteiger partial charge in [-0.15, -0.1) is 0 Å². The molecule has 0 aliphatic heterocycles. The van der Waals surface area contributed by atoms with Crippen LogP contribution < -0.4 is 16.4 Å². The Morgan fingerprint density at radius 2 is 1.72 bits per heavy atom. The zero-order valence-electron chi connectivity index (χ0n) is 19.4. The zero-order chi connectivity index (χ0) is 25.8. The molecule has 0 aliphatic carbocycles. The van der Waals surface area contributed by atoms with Crippen molar-refractivity contribution >= 4 is 34.2 Å². The number of nitrogens with one attached hydrogen (secondary N) is 2. The fraction of sp³-hybridized carbons (Fsp3) is 0.192. The van der Waals surface area contributed by atoms with Crippen molar-refractivity contribution in [3.8, 4) is 5.69 Å². The third-order valence-electron chi connectivity index (χ3n) is 5.59. The molecule has 0 saturated carbocycles. The number of rotatable bonds is 8. The largest absolute Gasteiger partial charge is 0.369 e. The summed E-state index contributed by atoms with van der Waals surface area (Å²) in [6.07, 6.45) is 2.47. The summed E-state index contributed by atoms with van der Waals surface area (Å²) in [5.41, 5.74) is 6.91. The van der Waals surface area contributed by atoms with Crippen molar-refractivity contribution in [1.82, 2.24) is 9.78 Å². The number of primary amides is 1. The summed E-state index contributed by atoms with van der Waals surface area (Å²) >= 11 is 0. The van der Waals surface area contributed by atoms with E-state index >= 15 is 0 Å². The highest BCUT2D eigenvalue weighted by molar-refractivity contribution is 5.99. The molecule has 0 atom stereocenters. The van der Waals surface area contributed by atoms with E-state index in [1.54, 1.807) is 12.1 Å². The predicted molar refractivity (Wildman–Crippen MR) is 132 cm³/mol. The molecule has 0 saturated heterocycles. The number of nitrogens with zero attached hydrogens (tertiary/aromatic N) is 2. The average molecular weight is 496 g/mol. The fourth-order valence-corrected chi connectivity index (χ4v) is 3.91. The molecule has 10 heteroatoms. The first-order valence-corrected chi connectivity index (χ1v) is 11.4. The quantitative estimate of drug-likeness (QED) is 0.283. The van der Waals surface area contributed by atoms with E-state index in [4.69, 9.17) is 5.73 Å². The molecule has 4 N–H and O–H groups in total. The minimum absolute atomic E-state index is 0.0109. The average Bonchev–Trinajstić information content (AvgIpc) is 3.23. The molecule has 1 heterocycles. The van der Waals surface area contributed by atoms with Gasteiger partial charge in [-0.3, -0.25) is 10.1 Å². The molecular weight excluding hydrogens is 471 g/mol. The number of carbonyl (C=O) groups excluding carboxylic acids is 2. The van der Waals surface area contributed by atoms with Crippen LogP contribution in [0.2, 0.25) is 0 Å². The van der Waals surface area contributed by atoms with Crippen LogP contribution in [-0.2, 0) is 17.6 Å². The number of aromatic nitrogens is 2. The van der Waals surface area contributed by atoms with E-state index in [0.717, 1.165) is 23.6 Å². The Morgan fingerprint density at radius 1 is 0.972 bits per heavy atom. The normalized spacial score (nSPS) is 11.0. The van der Waals surface area contributed by atoms with Crippen LogP contribution >= 0.6 is 0 Å². The Labute approximate surface area is 205 Å². The van der Waals surface area contributed by atoms with Gasteiger partial charge in [-0.1, -0.05) is 37.6 Å². The number of hydrogen-bond donors (Lipinski definition) is 3. The molecule has 0 aliphatic rings. The summed E-state index contributed by atoms with van der Waals surface area (Å²) in [4.78, 5) is 24.3. The van der Waals surface area contributed by atoms with Crippen LogP contribution in [0.3, 0.4) is 0 Å². The first kappa shape index (κ1) is 24.8. The third-order valence-corrected chi connectivity index (χ3v) is 5.59. The monoisotopic (exact) mass is 495 g/mol. The number of anilines is 2. The SMILES string of the molecule is CCCCc1cc(NC(=O)Nc2cc(F)c(F)cc2F)n(-c2cc(CC(N)=O)c3ccccc3c2)n1. The highest BCUT2D eigenvalue weighted by atomic mass is 19.2. The molecule has 0 radical (unpaired) electrons. The van der Waals surface area contributed by atoms with E-state index in [0.29, 0.717) is 35.5 Å².